The van der Waals surface area contributed by atoms with Crippen molar-refractivity contribution in [1.29, 1.82) is 0 Å². The second-order valence-corrected chi connectivity index (χ2v) is 10.2. The Hall–Kier alpha value is -3.74. The molecule has 1 saturated heterocycles. The number of nitrogens with one attached hydrogen (secondary N) is 1. The average molecular weight is 474 g/mol. The van der Waals surface area contributed by atoms with Gasteiger partial charge >= 0.3 is 6.09 Å². The zero-order chi connectivity index (χ0) is 25.0. The molecule has 1 aliphatic rings. The largest absolute Gasteiger partial charge is 0.465 e. The van der Waals surface area contributed by atoms with Gasteiger partial charge in [-0.05, 0) is 29.0 Å². The first-order valence-corrected chi connectivity index (χ1v) is 12.1. The summed E-state index contributed by atoms with van der Waals surface area (Å²) in [6.45, 7) is 8.07. The molecule has 0 radical (unpaired) electrons. The number of hydrogen-bond acceptors (Lipinski definition) is 5. The standard InChI is InChI=1S/C28H35N5O2/c1-28(2,3)25-23(15-17-33(25)27(34)35)31-22-14-16-30-26(24(22)29)32(18-20-10-6-4-7-11-20)19-21-12-8-5-9-13-21/h4-14,16,23,25H,15,17-19,29H2,1-3H3,(H,30,31)(H,34,35). The fourth-order valence-electron chi connectivity index (χ4n) is 5.08. The number of rotatable bonds is 7. The monoisotopic (exact) mass is 473 g/mol. The van der Waals surface area contributed by atoms with Crippen molar-refractivity contribution in [1.82, 2.24) is 9.88 Å². The molecule has 2 unspecified atom stereocenters. The number of anilines is 3. The minimum Gasteiger partial charge on any atom is -0.465 e. The van der Waals surface area contributed by atoms with Crippen LogP contribution in [0.1, 0.15) is 38.3 Å². The van der Waals surface area contributed by atoms with E-state index in [2.05, 4.69) is 60.2 Å². The molecule has 35 heavy (non-hydrogen) atoms. The number of aromatic nitrogens is 1. The van der Waals surface area contributed by atoms with Gasteiger partial charge in [-0.3, -0.25) is 0 Å². The van der Waals surface area contributed by atoms with E-state index < -0.39 is 6.09 Å². The van der Waals surface area contributed by atoms with Crippen molar-refractivity contribution in [2.75, 3.05) is 22.5 Å². The van der Waals surface area contributed by atoms with Crippen LogP contribution in [0.4, 0.5) is 22.0 Å². The topological polar surface area (TPSA) is 94.7 Å². The van der Waals surface area contributed by atoms with Crippen LogP contribution in [-0.4, -0.2) is 39.7 Å². The Balaban J connectivity index is 1.64. The molecule has 1 aliphatic heterocycles. The van der Waals surface area contributed by atoms with E-state index in [0.717, 1.165) is 12.1 Å². The number of benzene rings is 2. The maximum Gasteiger partial charge on any atom is 0.407 e. The third-order valence-corrected chi connectivity index (χ3v) is 6.57. The summed E-state index contributed by atoms with van der Waals surface area (Å²) in [5.41, 5.74) is 10.2. The minimum absolute atomic E-state index is 0.0413. The van der Waals surface area contributed by atoms with E-state index in [0.29, 0.717) is 31.1 Å². The smallest absolute Gasteiger partial charge is 0.407 e. The number of likely N-dealkylation sites (tertiary alicyclic amines) is 1. The fourth-order valence-corrected chi connectivity index (χ4v) is 5.08. The molecule has 0 spiro atoms. The van der Waals surface area contributed by atoms with E-state index >= 15 is 0 Å². The van der Waals surface area contributed by atoms with E-state index in [-0.39, 0.29) is 17.5 Å². The Morgan fingerprint density at radius 2 is 1.63 bits per heavy atom. The third kappa shape index (κ3) is 5.67. The van der Waals surface area contributed by atoms with Gasteiger partial charge in [0.15, 0.2) is 5.82 Å². The van der Waals surface area contributed by atoms with Gasteiger partial charge in [0.05, 0.1) is 17.4 Å². The Morgan fingerprint density at radius 1 is 1.06 bits per heavy atom. The van der Waals surface area contributed by atoms with E-state index in [9.17, 15) is 9.90 Å². The summed E-state index contributed by atoms with van der Waals surface area (Å²) < 4.78 is 0. The molecule has 0 aliphatic carbocycles. The van der Waals surface area contributed by atoms with Gasteiger partial charge in [-0.25, -0.2) is 9.78 Å². The molecule has 7 nitrogen and oxygen atoms in total. The van der Waals surface area contributed by atoms with Gasteiger partial charge in [0.2, 0.25) is 0 Å². The first-order chi connectivity index (χ1) is 16.7. The number of nitrogens with zero attached hydrogens (tertiary/aromatic N) is 3. The van der Waals surface area contributed by atoms with E-state index in [4.69, 9.17) is 5.73 Å². The van der Waals surface area contributed by atoms with E-state index in [1.165, 1.54) is 11.1 Å². The highest BCUT2D eigenvalue weighted by molar-refractivity contribution is 5.78. The summed E-state index contributed by atoms with van der Waals surface area (Å²) in [4.78, 5) is 20.3. The molecule has 1 amide bonds. The molecule has 1 aromatic heterocycles. The Kier molecular flexibility index (Phi) is 7.15. The van der Waals surface area contributed by atoms with Crippen molar-refractivity contribution in [2.24, 2.45) is 5.41 Å². The Morgan fingerprint density at radius 3 is 2.14 bits per heavy atom. The summed E-state index contributed by atoms with van der Waals surface area (Å²) in [6.07, 6.45) is 1.62. The van der Waals surface area contributed by atoms with Crippen LogP contribution in [0.2, 0.25) is 0 Å². The normalized spacial score (nSPS) is 17.9. The van der Waals surface area contributed by atoms with Crippen molar-refractivity contribution in [3.63, 3.8) is 0 Å². The molecule has 2 aromatic carbocycles. The number of nitrogens with two attached hydrogens (primary N) is 1. The van der Waals surface area contributed by atoms with Crippen molar-refractivity contribution >= 4 is 23.3 Å². The lowest BCUT2D eigenvalue weighted by Gasteiger charge is -2.37. The highest BCUT2D eigenvalue weighted by Gasteiger charge is 2.44. The predicted octanol–water partition coefficient (Wildman–Crippen LogP) is 5.45. The molecule has 3 aromatic rings. The molecule has 2 atom stereocenters. The van der Waals surface area contributed by atoms with E-state index in [1.807, 2.05) is 42.5 Å². The molecule has 184 valence electrons. The highest BCUT2D eigenvalue weighted by atomic mass is 16.4. The van der Waals surface area contributed by atoms with Gasteiger partial charge in [0, 0.05) is 31.9 Å². The van der Waals surface area contributed by atoms with Crippen LogP contribution in [0.5, 0.6) is 0 Å². The molecule has 2 heterocycles. The van der Waals surface area contributed by atoms with Crippen LogP contribution in [-0.2, 0) is 13.1 Å². The Labute approximate surface area is 207 Å². The lowest BCUT2D eigenvalue weighted by molar-refractivity contribution is 0.104. The molecule has 4 rings (SSSR count). The SMILES string of the molecule is CC(C)(C)C1C(Nc2ccnc(N(Cc3ccccc3)Cc3ccccc3)c2N)CCN1C(=O)O. The van der Waals surface area contributed by atoms with Gasteiger partial charge in [0.25, 0.3) is 0 Å². The Bertz CT molecular complexity index is 1090. The van der Waals surface area contributed by atoms with Crippen molar-refractivity contribution in [3.05, 3.63) is 84.1 Å². The number of carboxylic acid groups (broad SMARTS) is 1. The molecule has 0 bridgehead atoms. The number of nitrogen functional groups attached to an aromatic ring is 1. The van der Waals surface area contributed by atoms with Crippen molar-refractivity contribution in [3.8, 4) is 0 Å². The quantitative estimate of drug-likeness (QED) is 0.422. The molecule has 1 fully saturated rings. The predicted molar refractivity (Wildman–Crippen MR) is 141 cm³/mol. The zero-order valence-electron chi connectivity index (χ0n) is 20.7. The van der Waals surface area contributed by atoms with Gasteiger partial charge in [-0.2, -0.15) is 0 Å². The molecule has 7 heteroatoms. The third-order valence-electron chi connectivity index (χ3n) is 6.57. The number of amides is 1. The van der Waals surface area contributed by atoms with Gasteiger partial charge in [0.1, 0.15) is 0 Å². The summed E-state index contributed by atoms with van der Waals surface area (Å²) in [5.74, 6) is 0.711. The van der Waals surface area contributed by atoms with Crippen LogP contribution >= 0.6 is 0 Å². The first kappa shape index (κ1) is 24.4. The summed E-state index contributed by atoms with van der Waals surface area (Å²) in [5, 5.41) is 13.3. The lowest BCUT2D eigenvalue weighted by atomic mass is 9.82. The molecule has 0 saturated carbocycles. The van der Waals surface area contributed by atoms with Crippen LogP contribution in [0, 0.1) is 5.41 Å². The lowest BCUT2D eigenvalue weighted by Crippen LogP contribution is -2.49. The van der Waals surface area contributed by atoms with Crippen LogP contribution in [0.3, 0.4) is 0 Å². The van der Waals surface area contributed by atoms with Crippen molar-refractivity contribution in [2.45, 2.75) is 52.4 Å². The van der Waals surface area contributed by atoms with Crippen LogP contribution in [0.25, 0.3) is 0 Å². The average Bonchev–Trinajstić information content (AvgIpc) is 3.26. The second-order valence-electron chi connectivity index (χ2n) is 10.2. The van der Waals surface area contributed by atoms with Crippen molar-refractivity contribution < 1.29 is 9.90 Å². The second kappa shape index (κ2) is 10.3. The summed E-state index contributed by atoms with van der Waals surface area (Å²) in [6, 6.07) is 22.2. The molecular formula is C28H35N5O2. The number of pyridine rings is 1. The number of carbonyl (C=O) groups is 1. The first-order valence-electron chi connectivity index (χ1n) is 12.1. The maximum atomic E-state index is 11.9. The van der Waals surface area contributed by atoms with E-state index in [1.54, 1.807) is 11.1 Å². The molecular weight excluding hydrogens is 438 g/mol. The summed E-state index contributed by atoms with van der Waals surface area (Å²) in [7, 11) is 0. The summed E-state index contributed by atoms with van der Waals surface area (Å²) >= 11 is 0. The van der Waals surface area contributed by atoms with Crippen LogP contribution < -0.4 is 16.0 Å². The van der Waals surface area contributed by atoms with Crippen LogP contribution in [0.15, 0.2) is 72.9 Å². The minimum atomic E-state index is -0.880. The molecule has 4 N–H and O–H groups in total. The fraction of sp³-hybridized carbons (Fsp3) is 0.357. The van der Waals surface area contributed by atoms with Gasteiger partial charge in [-0.1, -0.05) is 81.4 Å². The highest BCUT2D eigenvalue weighted by Crippen LogP contribution is 2.37. The van der Waals surface area contributed by atoms with Gasteiger partial charge < -0.3 is 26.0 Å². The number of hydrogen-bond donors (Lipinski definition) is 3. The zero-order valence-corrected chi connectivity index (χ0v) is 20.7. The maximum absolute atomic E-state index is 11.9. The van der Waals surface area contributed by atoms with Gasteiger partial charge in [-0.15, -0.1) is 0 Å².